The van der Waals surface area contributed by atoms with Crippen molar-refractivity contribution < 1.29 is 26.8 Å². The lowest BCUT2D eigenvalue weighted by Gasteiger charge is -2.28. The lowest BCUT2D eigenvalue weighted by molar-refractivity contribution is -0.136. The van der Waals surface area contributed by atoms with E-state index in [9.17, 15) is 26.8 Å². The van der Waals surface area contributed by atoms with Gasteiger partial charge in [-0.2, -0.15) is 0 Å². The molecule has 3 unspecified atom stereocenters. The molecule has 3 atom stereocenters. The Bertz CT molecular complexity index is 874. The highest BCUT2D eigenvalue weighted by Crippen LogP contribution is 2.29. The topological polar surface area (TPSA) is 74.8 Å². The van der Waals surface area contributed by atoms with E-state index in [1.165, 1.54) is 15.9 Å². The Kier molecular flexibility index (Phi) is 5.24. The maximum absolute atomic E-state index is 13.5. The van der Waals surface area contributed by atoms with Crippen LogP contribution in [0.15, 0.2) is 18.2 Å². The molecule has 0 saturated carbocycles. The third kappa shape index (κ3) is 3.97. The molecule has 0 aromatic heterocycles. The van der Waals surface area contributed by atoms with Crippen molar-refractivity contribution in [2.24, 2.45) is 5.92 Å². The maximum Gasteiger partial charge on any atom is 0.228 e. The minimum absolute atomic E-state index is 0.0320. The number of hydrogen-bond donors (Lipinski definition) is 0. The fourth-order valence-electron chi connectivity index (χ4n) is 3.75. The van der Waals surface area contributed by atoms with Gasteiger partial charge in [-0.3, -0.25) is 9.59 Å². The number of nitrogens with zero attached hydrogens (tertiary/aromatic N) is 2. The summed E-state index contributed by atoms with van der Waals surface area (Å²) in [5.74, 6) is -2.99. The smallest absolute Gasteiger partial charge is 0.228 e. The maximum atomic E-state index is 13.5. The van der Waals surface area contributed by atoms with Crippen molar-refractivity contribution in [3.63, 3.8) is 0 Å². The summed E-state index contributed by atoms with van der Waals surface area (Å²) in [6.45, 7) is 1.88. The van der Waals surface area contributed by atoms with Crippen LogP contribution in [0.2, 0.25) is 0 Å². The first kappa shape index (κ1) is 19.7. The van der Waals surface area contributed by atoms with Crippen LogP contribution in [0.25, 0.3) is 0 Å². The number of sulfone groups is 1. The van der Waals surface area contributed by atoms with Gasteiger partial charge in [0.25, 0.3) is 0 Å². The first-order valence-electron chi connectivity index (χ1n) is 8.80. The van der Waals surface area contributed by atoms with Crippen LogP contribution in [0.3, 0.4) is 0 Å². The number of amides is 2. The Balaban J connectivity index is 1.68. The zero-order chi connectivity index (χ0) is 19.9. The molecule has 2 amide bonds. The summed E-state index contributed by atoms with van der Waals surface area (Å²) in [5.41, 5.74) is 0.452. The molecule has 0 radical (unpaired) electrons. The van der Waals surface area contributed by atoms with Crippen molar-refractivity contribution in [2.45, 2.75) is 31.8 Å². The minimum Gasteiger partial charge on any atom is -0.339 e. The number of carbonyl (C=O) groups excluding carboxylic acids is 2. The van der Waals surface area contributed by atoms with Crippen molar-refractivity contribution in [1.82, 2.24) is 9.80 Å². The van der Waals surface area contributed by atoms with Crippen LogP contribution >= 0.6 is 0 Å². The van der Waals surface area contributed by atoms with E-state index in [2.05, 4.69) is 0 Å². The van der Waals surface area contributed by atoms with Crippen LogP contribution in [-0.2, 0) is 19.4 Å². The molecule has 2 heterocycles. The van der Waals surface area contributed by atoms with Crippen molar-refractivity contribution in [3.05, 3.63) is 35.4 Å². The van der Waals surface area contributed by atoms with E-state index >= 15 is 0 Å². The highest BCUT2D eigenvalue weighted by molar-refractivity contribution is 7.91. The van der Waals surface area contributed by atoms with Gasteiger partial charge in [-0.25, -0.2) is 17.2 Å². The highest BCUT2D eigenvalue weighted by atomic mass is 32.2. The Morgan fingerprint density at radius 3 is 2.59 bits per heavy atom. The van der Waals surface area contributed by atoms with Crippen LogP contribution in [0.1, 0.15) is 31.4 Å². The summed E-state index contributed by atoms with van der Waals surface area (Å²) in [5, 5.41) is 0. The number of halogens is 2. The predicted octanol–water partition coefficient (Wildman–Crippen LogP) is 1.52. The van der Waals surface area contributed by atoms with Crippen LogP contribution in [0.5, 0.6) is 0 Å². The lowest BCUT2D eigenvalue weighted by atomic mass is 10.0. The number of carbonyl (C=O) groups is 2. The van der Waals surface area contributed by atoms with E-state index in [-0.39, 0.29) is 42.3 Å². The molecule has 2 saturated heterocycles. The second-order valence-electron chi connectivity index (χ2n) is 7.30. The van der Waals surface area contributed by atoms with Crippen LogP contribution in [-0.4, -0.2) is 61.2 Å². The molecule has 27 heavy (non-hydrogen) atoms. The Hall–Kier alpha value is -2.03. The molecule has 9 heteroatoms. The first-order valence-corrected chi connectivity index (χ1v) is 10.6. The van der Waals surface area contributed by atoms with Crippen LogP contribution in [0.4, 0.5) is 8.78 Å². The quantitative estimate of drug-likeness (QED) is 0.768. The van der Waals surface area contributed by atoms with E-state index in [0.29, 0.717) is 12.0 Å². The van der Waals surface area contributed by atoms with Gasteiger partial charge < -0.3 is 9.80 Å². The van der Waals surface area contributed by atoms with Crippen molar-refractivity contribution in [2.75, 3.05) is 25.1 Å². The summed E-state index contributed by atoms with van der Waals surface area (Å²) in [7, 11) is -1.57. The SMILES string of the molecule is CC(c1ccc(F)c(F)c1)N(C)C(=O)C1CC(=O)N(C2CCS(=O)(=O)C2)C1. The molecule has 1 aromatic carbocycles. The average molecular weight is 400 g/mol. The third-order valence-electron chi connectivity index (χ3n) is 5.51. The first-order chi connectivity index (χ1) is 12.6. The zero-order valence-electron chi connectivity index (χ0n) is 15.2. The van der Waals surface area contributed by atoms with Gasteiger partial charge in [0.05, 0.1) is 23.5 Å². The number of likely N-dealkylation sites (tertiary alicyclic amines) is 1. The van der Waals surface area contributed by atoms with Crippen molar-refractivity contribution in [3.8, 4) is 0 Å². The molecular formula is C18H22F2N2O4S. The monoisotopic (exact) mass is 400 g/mol. The average Bonchev–Trinajstić information content (AvgIpc) is 3.17. The molecule has 0 bridgehead atoms. The van der Waals surface area contributed by atoms with Gasteiger partial charge in [0.1, 0.15) is 0 Å². The second kappa shape index (κ2) is 7.18. The number of rotatable bonds is 4. The molecule has 2 aliphatic rings. The van der Waals surface area contributed by atoms with Crippen molar-refractivity contribution in [1.29, 1.82) is 0 Å². The van der Waals surface area contributed by atoms with Gasteiger partial charge in [-0.05, 0) is 31.0 Å². The molecule has 6 nitrogen and oxygen atoms in total. The Morgan fingerprint density at radius 1 is 1.30 bits per heavy atom. The van der Waals surface area contributed by atoms with Gasteiger partial charge in [-0.15, -0.1) is 0 Å². The molecule has 0 aliphatic carbocycles. The summed E-state index contributed by atoms with van der Waals surface area (Å²) < 4.78 is 49.9. The van der Waals surface area contributed by atoms with Crippen LogP contribution in [0, 0.1) is 17.6 Å². The fraction of sp³-hybridized carbons (Fsp3) is 0.556. The molecule has 0 spiro atoms. The lowest BCUT2D eigenvalue weighted by Crippen LogP contribution is -2.40. The van der Waals surface area contributed by atoms with E-state index in [1.54, 1.807) is 14.0 Å². The standard InChI is InChI=1S/C18H22F2N2O4S/c1-11(12-3-4-15(19)16(20)7-12)21(2)18(24)13-8-17(23)22(9-13)14-5-6-27(25,26)10-14/h3-4,7,11,13-14H,5-6,8-10H2,1-2H3. The molecule has 148 valence electrons. The molecular weight excluding hydrogens is 378 g/mol. The Labute approximate surface area is 157 Å². The molecule has 2 fully saturated rings. The summed E-state index contributed by atoms with van der Waals surface area (Å²) in [4.78, 5) is 28.0. The van der Waals surface area contributed by atoms with Gasteiger partial charge in [0.15, 0.2) is 21.5 Å². The van der Waals surface area contributed by atoms with E-state index in [1.807, 2.05) is 0 Å². The highest BCUT2D eigenvalue weighted by Gasteiger charge is 2.43. The number of hydrogen-bond acceptors (Lipinski definition) is 4. The van der Waals surface area contributed by atoms with E-state index in [4.69, 9.17) is 0 Å². The van der Waals surface area contributed by atoms with Crippen molar-refractivity contribution >= 4 is 21.7 Å². The summed E-state index contributed by atoms with van der Waals surface area (Å²) in [6.07, 6.45) is 0.431. The zero-order valence-corrected chi connectivity index (χ0v) is 16.0. The van der Waals surface area contributed by atoms with Gasteiger partial charge in [0, 0.05) is 26.1 Å². The number of benzene rings is 1. The molecule has 0 N–H and O–H groups in total. The third-order valence-corrected chi connectivity index (χ3v) is 7.26. The molecule has 1 aromatic rings. The molecule has 3 rings (SSSR count). The Morgan fingerprint density at radius 2 is 2.00 bits per heavy atom. The fourth-order valence-corrected chi connectivity index (χ4v) is 5.48. The van der Waals surface area contributed by atoms with E-state index in [0.717, 1.165) is 12.1 Å². The largest absolute Gasteiger partial charge is 0.339 e. The predicted molar refractivity (Wildman–Crippen MR) is 94.4 cm³/mol. The van der Waals surface area contributed by atoms with Gasteiger partial charge >= 0.3 is 0 Å². The normalized spacial score (nSPS) is 25.6. The second-order valence-corrected chi connectivity index (χ2v) is 9.53. The van der Waals surface area contributed by atoms with Gasteiger partial charge in [0.2, 0.25) is 11.8 Å². The summed E-state index contributed by atoms with van der Waals surface area (Å²) in [6, 6.07) is 2.63. The van der Waals surface area contributed by atoms with E-state index < -0.39 is 33.4 Å². The summed E-state index contributed by atoms with van der Waals surface area (Å²) >= 11 is 0. The minimum atomic E-state index is -3.12. The van der Waals surface area contributed by atoms with Crippen LogP contribution < -0.4 is 0 Å². The molecule has 2 aliphatic heterocycles. The van der Waals surface area contributed by atoms with Gasteiger partial charge in [-0.1, -0.05) is 6.07 Å².